The van der Waals surface area contributed by atoms with Crippen LogP contribution in [-0.4, -0.2) is 35.7 Å². The van der Waals surface area contributed by atoms with E-state index in [1.54, 1.807) is 12.1 Å². The molecule has 0 bridgehead atoms. The molecule has 0 radical (unpaired) electrons. The lowest BCUT2D eigenvalue weighted by Gasteiger charge is -2.23. The van der Waals surface area contributed by atoms with Gasteiger partial charge in [-0.2, -0.15) is 0 Å². The number of aryl methyl sites for hydroxylation is 1. The third-order valence-corrected chi connectivity index (χ3v) is 4.57. The van der Waals surface area contributed by atoms with Gasteiger partial charge in [0.15, 0.2) is 6.10 Å². The average molecular weight is 381 g/mol. The van der Waals surface area contributed by atoms with Gasteiger partial charge in [-0.1, -0.05) is 24.3 Å². The van der Waals surface area contributed by atoms with Crippen LogP contribution in [0.5, 0.6) is 5.75 Å². The molecule has 0 saturated carbocycles. The van der Waals surface area contributed by atoms with Crippen LogP contribution in [0, 0.1) is 6.92 Å². The number of hydrogen-bond acceptors (Lipinski definition) is 3. The molecule has 0 saturated heterocycles. The van der Waals surface area contributed by atoms with Gasteiger partial charge in [-0.05, 0) is 57.5 Å². The van der Waals surface area contributed by atoms with Crippen molar-refractivity contribution in [1.29, 1.82) is 0 Å². The van der Waals surface area contributed by atoms with Crippen LogP contribution in [-0.2, 0) is 4.74 Å². The first kappa shape index (κ1) is 20.0. The van der Waals surface area contributed by atoms with Gasteiger partial charge in [0.25, 0.3) is 0 Å². The first-order valence-corrected chi connectivity index (χ1v) is 9.63. The van der Waals surface area contributed by atoms with Crippen molar-refractivity contribution in [3.63, 3.8) is 0 Å². The summed E-state index contributed by atoms with van der Waals surface area (Å²) in [5.74, 6) is 0.473. The van der Waals surface area contributed by atoms with Gasteiger partial charge >= 0.3 is 5.97 Å². The third-order valence-electron chi connectivity index (χ3n) is 4.57. The summed E-state index contributed by atoms with van der Waals surface area (Å²) in [4.78, 5) is 15.8. The molecule has 5 heteroatoms. The maximum Gasteiger partial charge on any atom is 0.338 e. The summed E-state index contributed by atoms with van der Waals surface area (Å²) in [6.45, 7) is 9.38. The van der Waals surface area contributed by atoms with Crippen LogP contribution in [0.3, 0.4) is 0 Å². The predicted molar refractivity (Wildman–Crippen MR) is 111 cm³/mol. The zero-order valence-electron chi connectivity index (χ0n) is 17.0. The Morgan fingerprint density at radius 3 is 2.57 bits per heavy atom. The molecule has 1 heterocycles. The quantitative estimate of drug-likeness (QED) is 0.616. The van der Waals surface area contributed by atoms with Crippen LogP contribution < -0.4 is 10.1 Å². The summed E-state index contributed by atoms with van der Waals surface area (Å²) in [6, 6.07) is 15.0. The summed E-state index contributed by atoms with van der Waals surface area (Å²) < 4.78 is 11.9. The molecule has 0 aliphatic heterocycles. The largest absolute Gasteiger partial charge is 0.489 e. The van der Waals surface area contributed by atoms with Crippen molar-refractivity contribution >= 4 is 16.9 Å². The van der Waals surface area contributed by atoms with Crippen LogP contribution in [0.25, 0.3) is 10.9 Å². The van der Waals surface area contributed by atoms with Gasteiger partial charge in [0, 0.05) is 17.1 Å². The maximum absolute atomic E-state index is 12.5. The number of benzene rings is 2. The fourth-order valence-corrected chi connectivity index (χ4v) is 3.05. The van der Waals surface area contributed by atoms with Crippen LogP contribution >= 0.6 is 0 Å². The molecule has 1 aromatic heterocycles. The van der Waals surface area contributed by atoms with Gasteiger partial charge in [-0.3, -0.25) is 0 Å². The number of quaternary nitrogens is 1. The van der Waals surface area contributed by atoms with E-state index in [0.717, 1.165) is 22.2 Å². The highest BCUT2D eigenvalue weighted by atomic mass is 16.6. The lowest BCUT2D eigenvalue weighted by atomic mass is 10.1. The van der Waals surface area contributed by atoms with E-state index in [0.29, 0.717) is 18.7 Å². The van der Waals surface area contributed by atoms with E-state index < -0.39 is 0 Å². The molecule has 0 fully saturated rings. The molecule has 3 N–H and O–H groups in total. The summed E-state index contributed by atoms with van der Waals surface area (Å²) >= 11 is 0. The monoisotopic (exact) mass is 381 g/mol. The van der Waals surface area contributed by atoms with E-state index in [-0.39, 0.29) is 17.6 Å². The molecule has 0 spiro atoms. The van der Waals surface area contributed by atoms with Crippen LogP contribution in [0.15, 0.2) is 54.7 Å². The molecule has 1 atom stereocenters. The number of nitrogens with one attached hydrogen (secondary N) is 1. The number of carbonyl (C=O) groups is 1. The lowest BCUT2D eigenvalue weighted by molar-refractivity contribution is -0.721. The van der Waals surface area contributed by atoms with Crippen molar-refractivity contribution in [3.05, 3.63) is 65.9 Å². The number of nitrogens with two attached hydrogens (primary N) is 1. The molecule has 0 aliphatic carbocycles. The van der Waals surface area contributed by atoms with Gasteiger partial charge in [-0.25, -0.2) is 4.79 Å². The highest BCUT2D eigenvalue weighted by molar-refractivity contribution is 5.90. The Labute approximate surface area is 166 Å². The maximum atomic E-state index is 12.5. The number of fused-ring (bicyclic) bond motifs is 1. The predicted octanol–water partition coefficient (Wildman–Crippen LogP) is 3.44. The minimum atomic E-state index is -0.360. The van der Waals surface area contributed by atoms with Crippen molar-refractivity contribution in [2.45, 2.75) is 39.3 Å². The average Bonchev–Trinajstić information content (AvgIpc) is 3.05. The lowest BCUT2D eigenvalue weighted by Crippen LogP contribution is -2.96. The molecule has 3 rings (SSSR count). The van der Waals surface area contributed by atoms with E-state index in [2.05, 4.69) is 31.1 Å². The van der Waals surface area contributed by atoms with E-state index in [1.807, 2.05) is 49.5 Å². The Bertz CT molecular complexity index is 926. The Hall–Kier alpha value is -2.79. The molecule has 3 aromatic rings. The van der Waals surface area contributed by atoms with Crippen molar-refractivity contribution in [3.8, 4) is 5.75 Å². The molecule has 5 nitrogen and oxygen atoms in total. The molecule has 2 aromatic carbocycles. The number of aromatic nitrogens is 1. The highest BCUT2D eigenvalue weighted by Gasteiger charge is 2.23. The number of H-pyrrole nitrogens is 1. The molecular formula is C23H29N2O3+. The van der Waals surface area contributed by atoms with Gasteiger partial charge in [0.1, 0.15) is 18.9 Å². The van der Waals surface area contributed by atoms with Gasteiger partial charge in [-0.15, -0.1) is 0 Å². The fourth-order valence-electron chi connectivity index (χ4n) is 3.05. The van der Waals surface area contributed by atoms with Crippen LogP contribution in [0.1, 0.15) is 36.7 Å². The number of hydrogen-bond donors (Lipinski definition) is 2. The van der Waals surface area contributed by atoms with Crippen molar-refractivity contribution < 1.29 is 19.6 Å². The third kappa shape index (κ3) is 5.14. The molecule has 148 valence electrons. The van der Waals surface area contributed by atoms with Crippen LogP contribution in [0.2, 0.25) is 0 Å². The Balaban J connectivity index is 1.73. The number of aromatic amines is 1. The van der Waals surface area contributed by atoms with Gasteiger partial charge < -0.3 is 19.8 Å². The summed E-state index contributed by atoms with van der Waals surface area (Å²) in [6.07, 6.45) is 1.61. The number of ether oxygens (including phenoxy) is 2. The fraction of sp³-hybridized carbons (Fsp3) is 0.348. The summed E-state index contributed by atoms with van der Waals surface area (Å²) in [5, 5.41) is 3.23. The second-order valence-electron chi connectivity index (χ2n) is 8.16. The Morgan fingerprint density at radius 1 is 1.11 bits per heavy atom. The first-order valence-electron chi connectivity index (χ1n) is 9.63. The minimum absolute atomic E-state index is 0.0364. The first-order chi connectivity index (χ1) is 13.3. The standard InChI is InChI=1S/C23H28N2O3/c1-16-13-24-19-11-8-12-20(21(16)19)27-15-18(14-25-23(2,3)4)28-22(26)17-9-6-5-7-10-17/h5-13,18,24-25H,14-15H2,1-4H3/p+1/t18-/m0/s1. The van der Waals surface area contributed by atoms with E-state index in [1.165, 1.54) is 0 Å². The van der Waals surface area contributed by atoms with Gasteiger partial charge in [0.05, 0.1) is 11.1 Å². The van der Waals surface area contributed by atoms with Gasteiger partial charge in [0.2, 0.25) is 0 Å². The van der Waals surface area contributed by atoms with E-state index in [9.17, 15) is 4.79 Å². The van der Waals surface area contributed by atoms with Crippen molar-refractivity contribution in [1.82, 2.24) is 4.98 Å². The highest BCUT2D eigenvalue weighted by Crippen LogP contribution is 2.28. The second kappa shape index (κ2) is 8.48. The van der Waals surface area contributed by atoms with Crippen molar-refractivity contribution in [2.24, 2.45) is 0 Å². The second-order valence-corrected chi connectivity index (χ2v) is 8.16. The summed E-state index contributed by atoms with van der Waals surface area (Å²) in [5.41, 5.74) is 2.75. The molecular weight excluding hydrogens is 352 g/mol. The Kier molecular flexibility index (Phi) is 6.05. The Morgan fingerprint density at radius 2 is 1.86 bits per heavy atom. The number of rotatable bonds is 7. The topological polar surface area (TPSA) is 67.9 Å². The molecule has 0 aliphatic rings. The zero-order chi connectivity index (χ0) is 20.1. The van der Waals surface area contributed by atoms with Crippen LogP contribution in [0.4, 0.5) is 0 Å². The zero-order valence-corrected chi connectivity index (χ0v) is 17.0. The SMILES string of the molecule is Cc1c[nH]c2cccc(OC[C@H](C[NH2+]C(C)(C)C)OC(=O)c3ccccc3)c12. The van der Waals surface area contributed by atoms with Crippen molar-refractivity contribution in [2.75, 3.05) is 13.2 Å². The van der Waals surface area contributed by atoms with E-state index >= 15 is 0 Å². The smallest absolute Gasteiger partial charge is 0.338 e. The number of carbonyl (C=O) groups excluding carboxylic acids is 1. The molecule has 0 unspecified atom stereocenters. The van der Waals surface area contributed by atoms with E-state index in [4.69, 9.17) is 9.47 Å². The normalized spacial score (nSPS) is 12.7. The molecule has 28 heavy (non-hydrogen) atoms. The molecule has 0 amide bonds. The number of esters is 1. The summed E-state index contributed by atoms with van der Waals surface area (Å²) in [7, 11) is 0. The minimum Gasteiger partial charge on any atom is -0.489 e.